The van der Waals surface area contributed by atoms with E-state index in [-0.39, 0.29) is 12.5 Å². The first-order valence-electron chi connectivity index (χ1n) is 7.78. The summed E-state index contributed by atoms with van der Waals surface area (Å²) in [6.45, 7) is -0.138. The lowest BCUT2D eigenvalue weighted by Gasteiger charge is -2.03. The molecule has 0 unspecified atom stereocenters. The number of carbonyl (C=O) groups is 1. The normalized spacial score (nSPS) is 10.7. The SMILES string of the molecule is O=C(OCc1nc(-c2cccc(Cl)c2)no1)c1ccc(-n2cnnn2)cc1. The molecule has 2 aromatic heterocycles. The highest BCUT2D eigenvalue weighted by Crippen LogP contribution is 2.20. The second kappa shape index (κ2) is 7.34. The van der Waals surface area contributed by atoms with Crippen molar-refractivity contribution in [2.24, 2.45) is 0 Å². The molecule has 0 aliphatic carbocycles. The molecular weight excluding hydrogens is 372 g/mol. The van der Waals surface area contributed by atoms with Crippen LogP contribution in [-0.2, 0) is 11.3 Å². The number of ether oxygens (including phenoxy) is 1. The van der Waals surface area contributed by atoms with Gasteiger partial charge in [-0.15, -0.1) is 5.10 Å². The van der Waals surface area contributed by atoms with Gasteiger partial charge in [0.05, 0.1) is 11.3 Å². The van der Waals surface area contributed by atoms with Crippen molar-refractivity contribution in [3.8, 4) is 17.1 Å². The van der Waals surface area contributed by atoms with E-state index in [1.165, 1.54) is 11.0 Å². The molecule has 0 saturated heterocycles. The van der Waals surface area contributed by atoms with Crippen molar-refractivity contribution in [2.75, 3.05) is 0 Å². The maximum atomic E-state index is 12.2. The Morgan fingerprint density at radius 2 is 2.04 bits per heavy atom. The van der Waals surface area contributed by atoms with E-state index in [1.54, 1.807) is 48.5 Å². The van der Waals surface area contributed by atoms with Gasteiger partial charge < -0.3 is 9.26 Å². The van der Waals surface area contributed by atoms with Crippen molar-refractivity contribution in [2.45, 2.75) is 6.61 Å². The predicted molar refractivity (Wildman–Crippen MR) is 93.0 cm³/mol. The van der Waals surface area contributed by atoms with Crippen molar-refractivity contribution in [3.05, 3.63) is 71.3 Å². The van der Waals surface area contributed by atoms with Gasteiger partial charge in [0.2, 0.25) is 5.82 Å². The van der Waals surface area contributed by atoms with Crippen LogP contribution in [0.15, 0.2) is 59.4 Å². The van der Waals surface area contributed by atoms with Crippen LogP contribution < -0.4 is 0 Å². The smallest absolute Gasteiger partial charge is 0.338 e. The van der Waals surface area contributed by atoms with Crippen molar-refractivity contribution < 1.29 is 14.1 Å². The fourth-order valence-electron chi connectivity index (χ4n) is 2.30. The lowest BCUT2D eigenvalue weighted by Crippen LogP contribution is -2.06. The number of benzene rings is 2. The molecule has 9 nitrogen and oxygen atoms in total. The zero-order valence-corrected chi connectivity index (χ0v) is 14.4. The van der Waals surface area contributed by atoms with Crippen molar-refractivity contribution in [1.29, 1.82) is 0 Å². The van der Waals surface area contributed by atoms with Crippen molar-refractivity contribution in [1.82, 2.24) is 30.3 Å². The summed E-state index contributed by atoms with van der Waals surface area (Å²) < 4.78 is 11.8. The van der Waals surface area contributed by atoms with Gasteiger partial charge in [0.1, 0.15) is 6.33 Å². The molecule has 0 amide bonds. The zero-order chi connectivity index (χ0) is 18.6. The molecule has 0 aliphatic heterocycles. The number of tetrazole rings is 1. The summed E-state index contributed by atoms with van der Waals surface area (Å²) in [6.07, 6.45) is 1.46. The van der Waals surface area contributed by atoms with Crippen LogP contribution in [-0.4, -0.2) is 36.3 Å². The maximum absolute atomic E-state index is 12.2. The summed E-state index contributed by atoms with van der Waals surface area (Å²) in [6, 6.07) is 13.7. The number of rotatable bonds is 5. The molecule has 0 bridgehead atoms. The largest absolute Gasteiger partial charge is 0.452 e. The van der Waals surface area contributed by atoms with E-state index in [0.717, 1.165) is 5.69 Å². The summed E-state index contributed by atoms with van der Waals surface area (Å²) in [7, 11) is 0. The van der Waals surface area contributed by atoms with Crippen LogP contribution in [0.3, 0.4) is 0 Å². The van der Waals surface area contributed by atoms with Crippen LogP contribution in [0.25, 0.3) is 17.1 Å². The Balaban J connectivity index is 1.39. The molecular formula is C17H11ClN6O3. The molecule has 10 heteroatoms. The van der Waals surface area contributed by atoms with Crippen LogP contribution >= 0.6 is 11.6 Å². The highest BCUT2D eigenvalue weighted by Gasteiger charge is 2.13. The molecule has 0 aliphatic rings. The van der Waals surface area contributed by atoms with Gasteiger partial charge in [-0.1, -0.05) is 28.9 Å². The van der Waals surface area contributed by atoms with Gasteiger partial charge in [-0.3, -0.25) is 0 Å². The van der Waals surface area contributed by atoms with Gasteiger partial charge in [0, 0.05) is 10.6 Å². The Bertz CT molecular complexity index is 1060. The van der Waals surface area contributed by atoms with Crippen LogP contribution in [0.4, 0.5) is 0 Å². The summed E-state index contributed by atoms with van der Waals surface area (Å²) in [5.41, 5.74) is 1.81. The van der Waals surface area contributed by atoms with E-state index in [4.69, 9.17) is 20.9 Å². The van der Waals surface area contributed by atoms with Crippen LogP contribution in [0.5, 0.6) is 0 Å². The Hall–Kier alpha value is -3.59. The van der Waals surface area contributed by atoms with Crippen molar-refractivity contribution >= 4 is 17.6 Å². The number of hydrogen-bond donors (Lipinski definition) is 0. The molecule has 0 fully saturated rings. The lowest BCUT2D eigenvalue weighted by molar-refractivity contribution is 0.0430. The minimum atomic E-state index is -0.513. The second-order valence-corrected chi connectivity index (χ2v) is 5.84. The van der Waals surface area contributed by atoms with Crippen molar-refractivity contribution in [3.63, 3.8) is 0 Å². The standard InChI is InChI=1S/C17H11ClN6O3/c18-13-3-1-2-12(8-13)16-20-15(27-21-16)9-26-17(25)11-4-6-14(7-5-11)24-10-19-22-23-24/h1-8,10H,9H2. The summed E-state index contributed by atoms with van der Waals surface area (Å²) in [5, 5.41) is 15.3. The molecule has 0 spiro atoms. The van der Waals surface area contributed by atoms with E-state index in [0.29, 0.717) is 22.0 Å². The Morgan fingerprint density at radius 3 is 2.78 bits per heavy atom. The van der Waals surface area contributed by atoms with Crippen LogP contribution in [0.2, 0.25) is 5.02 Å². The third kappa shape index (κ3) is 3.82. The summed E-state index contributed by atoms with van der Waals surface area (Å²) in [5.74, 6) is 0.0405. The molecule has 2 heterocycles. The molecule has 2 aromatic carbocycles. The molecule has 134 valence electrons. The number of carbonyl (C=O) groups excluding carboxylic acids is 1. The first-order valence-corrected chi connectivity index (χ1v) is 8.16. The summed E-state index contributed by atoms with van der Waals surface area (Å²) >= 11 is 5.95. The fraction of sp³-hybridized carbons (Fsp3) is 0.0588. The fourth-order valence-corrected chi connectivity index (χ4v) is 2.49. The molecule has 0 radical (unpaired) electrons. The monoisotopic (exact) mass is 382 g/mol. The minimum absolute atomic E-state index is 0.138. The van der Waals surface area contributed by atoms with E-state index in [2.05, 4.69) is 25.7 Å². The number of aromatic nitrogens is 6. The quantitative estimate of drug-likeness (QED) is 0.484. The van der Waals surface area contributed by atoms with E-state index >= 15 is 0 Å². The van der Waals surface area contributed by atoms with Gasteiger partial charge in [0.25, 0.3) is 5.89 Å². The molecule has 0 N–H and O–H groups in total. The van der Waals surface area contributed by atoms with Gasteiger partial charge in [-0.05, 0) is 46.8 Å². The van der Waals surface area contributed by atoms with E-state index < -0.39 is 5.97 Å². The second-order valence-electron chi connectivity index (χ2n) is 5.40. The lowest BCUT2D eigenvalue weighted by atomic mass is 10.2. The molecule has 27 heavy (non-hydrogen) atoms. The Morgan fingerprint density at radius 1 is 1.19 bits per heavy atom. The third-order valence-corrected chi connectivity index (χ3v) is 3.83. The highest BCUT2D eigenvalue weighted by molar-refractivity contribution is 6.30. The number of hydrogen-bond acceptors (Lipinski definition) is 8. The van der Waals surface area contributed by atoms with Crippen LogP contribution in [0, 0.1) is 0 Å². The third-order valence-electron chi connectivity index (χ3n) is 3.59. The zero-order valence-electron chi connectivity index (χ0n) is 13.7. The first-order chi connectivity index (χ1) is 13.2. The van der Waals surface area contributed by atoms with Gasteiger partial charge >= 0.3 is 5.97 Å². The first kappa shape index (κ1) is 16.9. The van der Waals surface area contributed by atoms with Gasteiger partial charge in [-0.2, -0.15) is 4.98 Å². The number of esters is 1. The topological polar surface area (TPSA) is 109 Å². The Labute approximate surface area is 157 Å². The predicted octanol–water partition coefficient (Wildman–Crippen LogP) is 2.72. The van der Waals surface area contributed by atoms with Crippen LogP contribution in [0.1, 0.15) is 16.2 Å². The Kier molecular flexibility index (Phi) is 4.58. The van der Waals surface area contributed by atoms with Gasteiger partial charge in [-0.25, -0.2) is 9.48 Å². The maximum Gasteiger partial charge on any atom is 0.338 e. The van der Waals surface area contributed by atoms with E-state index in [1.807, 2.05) is 0 Å². The molecule has 0 atom stereocenters. The summed E-state index contributed by atoms with van der Waals surface area (Å²) in [4.78, 5) is 16.4. The average Bonchev–Trinajstić information content (AvgIpc) is 3.38. The van der Waals surface area contributed by atoms with E-state index in [9.17, 15) is 4.79 Å². The molecule has 0 saturated carbocycles. The number of halogens is 1. The molecule has 4 aromatic rings. The molecule has 4 rings (SSSR count). The minimum Gasteiger partial charge on any atom is -0.452 e. The average molecular weight is 383 g/mol. The number of nitrogens with zero attached hydrogens (tertiary/aromatic N) is 6. The van der Waals surface area contributed by atoms with Gasteiger partial charge in [0.15, 0.2) is 6.61 Å². The highest BCUT2D eigenvalue weighted by atomic mass is 35.5.